The van der Waals surface area contributed by atoms with E-state index >= 15 is 0 Å². The molecule has 1 aromatic heterocycles. The summed E-state index contributed by atoms with van der Waals surface area (Å²) in [5.41, 5.74) is 1.40. The van der Waals surface area contributed by atoms with Crippen LogP contribution in [0.2, 0.25) is 0 Å². The molecule has 14 heavy (non-hydrogen) atoms. The first-order valence-electron chi connectivity index (χ1n) is 3.92. The fourth-order valence-electron chi connectivity index (χ4n) is 1.11. The van der Waals surface area contributed by atoms with Crippen LogP contribution in [0, 0.1) is 12.7 Å². The van der Waals surface area contributed by atoms with Crippen molar-refractivity contribution in [2.75, 3.05) is 0 Å². The van der Waals surface area contributed by atoms with E-state index in [0.29, 0.717) is 14.5 Å². The van der Waals surface area contributed by atoms with Crippen LogP contribution in [0.25, 0.3) is 10.6 Å². The van der Waals surface area contributed by atoms with Gasteiger partial charge in [-0.25, -0.2) is 4.39 Å². The molecule has 0 bridgehead atoms. The summed E-state index contributed by atoms with van der Waals surface area (Å²) in [6.07, 6.45) is 0. The van der Waals surface area contributed by atoms with Crippen molar-refractivity contribution in [3.05, 3.63) is 33.5 Å². The van der Waals surface area contributed by atoms with Gasteiger partial charge in [0.25, 0.3) is 0 Å². The summed E-state index contributed by atoms with van der Waals surface area (Å²) in [5.74, 6) is -0.256. The average molecular weight is 273 g/mol. The first-order chi connectivity index (χ1) is 6.66. The number of benzene rings is 1. The Balaban J connectivity index is 2.52. The van der Waals surface area contributed by atoms with E-state index in [1.54, 1.807) is 6.07 Å². The van der Waals surface area contributed by atoms with Gasteiger partial charge in [-0.15, -0.1) is 10.2 Å². The van der Waals surface area contributed by atoms with E-state index in [2.05, 4.69) is 26.1 Å². The second-order valence-corrected chi connectivity index (χ2v) is 5.10. The third kappa shape index (κ3) is 1.83. The Bertz CT molecular complexity index is 470. The number of aromatic nitrogens is 2. The smallest absolute Gasteiger partial charge is 0.183 e. The van der Waals surface area contributed by atoms with E-state index in [1.165, 1.54) is 17.4 Å². The summed E-state index contributed by atoms with van der Waals surface area (Å²) < 4.78 is 14.1. The lowest BCUT2D eigenvalue weighted by Gasteiger charge is -1.98. The zero-order chi connectivity index (χ0) is 10.1. The van der Waals surface area contributed by atoms with Crippen LogP contribution in [0.3, 0.4) is 0 Å². The Morgan fingerprint density at radius 2 is 2.14 bits per heavy atom. The molecule has 2 aromatic rings. The Kier molecular flexibility index (Phi) is 2.60. The van der Waals surface area contributed by atoms with Crippen molar-refractivity contribution in [3.8, 4) is 10.6 Å². The number of hydrogen-bond donors (Lipinski definition) is 0. The Morgan fingerprint density at radius 3 is 2.71 bits per heavy atom. The Morgan fingerprint density at radius 1 is 1.36 bits per heavy atom. The van der Waals surface area contributed by atoms with E-state index in [1.807, 2.05) is 13.0 Å². The van der Waals surface area contributed by atoms with Crippen LogP contribution >= 0.6 is 27.3 Å². The fourth-order valence-corrected chi connectivity index (χ4v) is 2.25. The zero-order valence-corrected chi connectivity index (χ0v) is 9.69. The molecule has 0 unspecified atom stereocenters. The highest BCUT2D eigenvalue weighted by atomic mass is 79.9. The van der Waals surface area contributed by atoms with Crippen LogP contribution in [-0.4, -0.2) is 10.2 Å². The van der Waals surface area contributed by atoms with Crippen molar-refractivity contribution in [2.24, 2.45) is 0 Å². The molecular weight excluding hydrogens is 267 g/mol. The van der Waals surface area contributed by atoms with E-state index in [9.17, 15) is 4.39 Å². The van der Waals surface area contributed by atoms with Gasteiger partial charge in [0, 0.05) is 5.56 Å². The van der Waals surface area contributed by atoms with Crippen LogP contribution < -0.4 is 0 Å². The molecular formula is C9H6BrFN2S. The summed E-state index contributed by atoms with van der Waals surface area (Å²) in [4.78, 5) is 0. The van der Waals surface area contributed by atoms with Crippen molar-refractivity contribution < 1.29 is 4.39 Å². The molecule has 0 atom stereocenters. The van der Waals surface area contributed by atoms with Gasteiger partial charge in [0.2, 0.25) is 0 Å². The fraction of sp³-hybridized carbons (Fsp3) is 0.111. The second kappa shape index (κ2) is 3.74. The van der Waals surface area contributed by atoms with Crippen LogP contribution in [0.1, 0.15) is 5.56 Å². The molecule has 1 aromatic carbocycles. The number of halogens is 2. The third-order valence-corrected chi connectivity index (χ3v) is 3.14. The first kappa shape index (κ1) is 9.73. The van der Waals surface area contributed by atoms with E-state index in [-0.39, 0.29) is 5.82 Å². The van der Waals surface area contributed by atoms with Crippen molar-refractivity contribution in [3.63, 3.8) is 0 Å². The number of rotatable bonds is 1. The van der Waals surface area contributed by atoms with Crippen molar-refractivity contribution in [2.45, 2.75) is 6.92 Å². The lowest BCUT2D eigenvalue weighted by molar-refractivity contribution is 0.630. The monoisotopic (exact) mass is 272 g/mol. The van der Waals surface area contributed by atoms with Gasteiger partial charge in [-0.2, -0.15) is 0 Å². The molecule has 5 heteroatoms. The maximum absolute atomic E-state index is 13.5. The van der Waals surface area contributed by atoms with E-state index in [4.69, 9.17) is 0 Å². The normalized spacial score (nSPS) is 10.5. The Labute approximate surface area is 92.9 Å². The summed E-state index contributed by atoms with van der Waals surface area (Å²) in [5, 5.41) is 8.23. The van der Waals surface area contributed by atoms with Gasteiger partial charge in [0.05, 0.1) is 0 Å². The molecule has 1 heterocycles. The highest BCUT2D eigenvalue weighted by Gasteiger charge is 2.09. The molecule has 0 aliphatic carbocycles. The first-order valence-corrected chi connectivity index (χ1v) is 5.53. The lowest BCUT2D eigenvalue weighted by Crippen LogP contribution is -1.84. The minimum Gasteiger partial charge on any atom is -0.206 e. The molecule has 0 radical (unpaired) electrons. The molecule has 0 amide bonds. The lowest BCUT2D eigenvalue weighted by atomic mass is 10.1. The second-order valence-electron chi connectivity index (χ2n) is 2.84. The molecule has 0 spiro atoms. The number of aryl methyl sites for hydroxylation is 1. The molecule has 0 saturated heterocycles. The average Bonchev–Trinajstić information content (AvgIpc) is 2.51. The molecule has 72 valence electrons. The number of hydrogen-bond acceptors (Lipinski definition) is 3. The molecule has 0 aliphatic heterocycles. The molecule has 0 saturated carbocycles. The molecule has 2 nitrogen and oxygen atoms in total. The predicted octanol–water partition coefficient (Wildman–Crippen LogP) is 3.42. The Hall–Kier alpha value is -0.810. The van der Waals surface area contributed by atoms with Crippen LogP contribution in [-0.2, 0) is 0 Å². The van der Waals surface area contributed by atoms with E-state index < -0.39 is 0 Å². The molecule has 0 N–H and O–H groups in total. The van der Waals surface area contributed by atoms with Crippen LogP contribution in [0.4, 0.5) is 4.39 Å². The van der Waals surface area contributed by atoms with Gasteiger partial charge >= 0.3 is 0 Å². The highest BCUT2D eigenvalue weighted by Crippen LogP contribution is 2.28. The van der Waals surface area contributed by atoms with Crippen molar-refractivity contribution in [1.29, 1.82) is 0 Å². The van der Waals surface area contributed by atoms with Crippen molar-refractivity contribution >= 4 is 27.3 Å². The number of nitrogens with zero attached hydrogens (tertiary/aromatic N) is 2. The standard InChI is InChI=1S/C9H6BrFN2S/c1-5-2-3-6(7(11)4-5)8-12-13-9(10)14-8/h2-4H,1H3. The van der Waals surface area contributed by atoms with E-state index in [0.717, 1.165) is 5.56 Å². The van der Waals surface area contributed by atoms with Crippen LogP contribution in [0.15, 0.2) is 22.1 Å². The molecule has 0 fully saturated rings. The van der Waals surface area contributed by atoms with Gasteiger partial charge in [0.1, 0.15) is 5.82 Å². The van der Waals surface area contributed by atoms with Crippen molar-refractivity contribution in [1.82, 2.24) is 10.2 Å². The SMILES string of the molecule is Cc1ccc(-c2nnc(Br)s2)c(F)c1. The molecule has 0 aliphatic rings. The topological polar surface area (TPSA) is 25.8 Å². The largest absolute Gasteiger partial charge is 0.206 e. The summed E-state index contributed by atoms with van der Waals surface area (Å²) in [6.45, 7) is 1.85. The summed E-state index contributed by atoms with van der Waals surface area (Å²) in [7, 11) is 0. The summed E-state index contributed by atoms with van der Waals surface area (Å²) >= 11 is 4.51. The molecule has 2 rings (SSSR count). The zero-order valence-electron chi connectivity index (χ0n) is 7.29. The minimum atomic E-state index is -0.256. The highest BCUT2D eigenvalue weighted by molar-refractivity contribution is 9.11. The van der Waals surface area contributed by atoms with Crippen LogP contribution in [0.5, 0.6) is 0 Å². The minimum absolute atomic E-state index is 0.256. The maximum atomic E-state index is 13.5. The van der Waals surface area contributed by atoms with Gasteiger partial charge in [-0.1, -0.05) is 17.4 Å². The van der Waals surface area contributed by atoms with Gasteiger partial charge in [-0.3, -0.25) is 0 Å². The van der Waals surface area contributed by atoms with Gasteiger partial charge < -0.3 is 0 Å². The summed E-state index contributed by atoms with van der Waals surface area (Å²) in [6, 6.07) is 5.07. The quantitative estimate of drug-likeness (QED) is 0.795. The predicted molar refractivity (Wildman–Crippen MR) is 57.7 cm³/mol. The van der Waals surface area contributed by atoms with Gasteiger partial charge in [0.15, 0.2) is 8.92 Å². The maximum Gasteiger partial charge on any atom is 0.183 e. The van der Waals surface area contributed by atoms with Gasteiger partial charge in [-0.05, 0) is 40.5 Å². The third-order valence-electron chi connectivity index (χ3n) is 1.76.